The minimum Gasteiger partial charge on any atom is -0.443 e. The van der Waals surface area contributed by atoms with Crippen LogP contribution in [0.4, 0.5) is 0 Å². The second-order valence-electron chi connectivity index (χ2n) is 5.90. The third-order valence-electron chi connectivity index (χ3n) is 4.27. The largest absolute Gasteiger partial charge is 0.443 e. The molecule has 2 fully saturated rings. The molecule has 2 aliphatic rings. The number of hydrogen-bond donors (Lipinski definition) is 0. The van der Waals surface area contributed by atoms with Gasteiger partial charge in [0.1, 0.15) is 0 Å². The van der Waals surface area contributed by atoms with Crippen LogP contribution in [0.25, 0.3) is 0 Å². The van der Waals surface area contributed by atoms with Crippen molar-refractivity contribution in [3.63, 3.8) is 0 Å². The van der Waals surface area contributed by atoms with Gasteiger partial charge in [-0.1, -0.05) is 25.0 Å². The zero-order chi connectivity index (χ0) is 16.1. The van der Waals surface area contributed by atoms with Gasteiger partial charge in [-0.3, -0.25) is 0 Å². The van der Waals surface area contributed by atoms with Crippen LogP contribution in [0.2, 0.25) is 0 Å². The Morgan fingerprint density at radius 3 is 1.36 bits per heavy atom. The molecular weight excluding hydrogens is 280 g/mol. The molecule has 0 aromatic rings. The van der Waals surface area contributed by atoms with Crippen molar-refractivity contribution in [3.05, 3.63) is 25.3 Å². The second kappa shape index (κ2) is 6.83. The summed E-state index contributed by atoms with van der Waals surface area (Å²) in [5.41, 5.74) is -1.52. The monoisotopic (exact) mass is 302 g/mol. The van der Waals surface area contributed by atoms with Gasteiger partial charge in [-0.25, -0.2) is 9.59 Å². The van der Waals surface area contributed by atoms with Gasteiger partial charge < -0.3 is 9.47 Å². The first-order chi connectivity index (χ1) is 10.5. The molecule has 0 saturated heterocycles. The van der Waals surface area contributed by atoms with Crippen molar-refractivity contribution in [3.8, 4) is 11.8 Å². The standard InChI is InChI=1S/C18H22O4/c1-3-15(19)21-17(9-5-6-10-17)13-14-18(11-7-8-12-18)22-16(20)4-2/h3-4H,1-2,5-12H2. The number of carbonyl (C=O) groups is 2. The van der Waals surface area contributed by atoms with Crippen LogP contribution in [0.5, 0.6) is 0 Å². The normalized spacial score (nSPS) is 21.3. The average Bonchev–Trinajstić information content (AvgIpc) is 3.16. The number of carbonyl (C=O) groups excluding carboxylic acids is 2. The molecule has 0 N–H and O–H groups in total. The summed E-state index contributed by atoms with van der Waals surface area (Å²) in [4.78, 5) is 23.1. The molecule has 2 saturated carbocycles. The highest BCUT2D eigenvalue weighted by atomic mass is 16.6. The molecule has 2 aliphatic carbocycles. The SMILES string of the molecule is C=CC(=O)OC1(C#CC2(OC(=O)C=C)CCCC2)CCCC1. The molecule has 0 spiro atoms. The fourth-order valence-corrected chi connectivity index (χ4v) is 3.09. The van der Waals surface area contributed by atoms with Crippen LogP contribution in [0.3, 0.4) is 0 Å². The van der Waals surface area contributed by atoms with Gasteiger partial charge in [0.15, 0.2) is 11.2 Å². The molecule has 0 unspecified atom stereocenters. The van der Waals surface area contributed by atoms with E-state index in [2.05, 4.69) is 25.0 Å². The Labute approximate surface area is 131 Å². The van der Waals surface area contributed by atoms with E-state index < -0.39 is 23.1 Å². The molecule has 0 heterocycles. The Hall–Kier alpha value is -2.02. The quantitative estimate of drug-likeness (QED) is 0.455. The lowest BCUT2D eigenvalue weighted by Crippen LogP contribution is -2.33. The van der Waals surface area contributed by atoms with Crippen LogP contribution in [0.15, 0.2) is 25.3 Å². The highest BCUT2D eigenvalue weighted by Crippen LogP contribution is 2.36. The predicted octanol–water partition coefficient (Wildman–Crippen LogP) is 3.07. The first kappa shape index (κ1) is 16.4. The van der Waals surface area contributed by atoms with E-state index >= 15 is 0 Å². The highest BCUT2D eigenvalue weighted by molar-refractivity contribution is 5.82. The molecule has 0 atom stereocenters. The lowest BCUT2D eigenvalue weighted by molar-refractivity contribution is -0.149. The maximum atomic E-state index is 11.6. The van der Waals surface area contributed by atoms with Crippen LogP contribution < -0.4 is 0 Å². The summed E-state index contributed by atoms with van der Waals surface area (Å²) >= 11 is 0. The fourth-order valence-electron chi connectivity index (χ4n) is 3.09. The summed E-state index contributed by atoms with van der Waals surface area (Å²) in [6.07, 6.45) is 9.05. The lowest BCUT2D eigenvalue weighted by Gasteiger charge is -2.26. The molecule has 0 aliphatic heterocycles. The molecule has 118 valence electrons. The zero-order valence-electron chi connectivity index (χ0n) is 12.9. The van der Waals surface area contributed by atoms with Crippen LogP contribution in [0.1, 0.15) is 51.4 Å². The molecule has 0 aromatic carbocycles. The van der Waals surface area contributed by atoms with Crippen LogP contribution in [0, 0.1) is 11.8 Å². The van der Waals surface area contributed by atoms with Gasteiger partial charge in [0.2, 0.25) is 0 Å². The van der Waals surface area contributed by atoms with Crippen molar-refractivity contribution >= 4 is 11.9 Å². The highest BCUT2D eigenvalue weighted by Gasteiger charge is 2.39. The van der Waals surface area contributed by atoms with Gasteiger partial charge in [-0.2, -0.15) is 0 Å². The second-order valence-corrected chi connectivity index (χ2v) is 5.90. The minimum atomic E-state index is -0.762. The summed E-state index contributed by atoms with van der Waals surface area (Å²) in [6.45, 7) is 6.86. The van der Waals surface area contributed by atoms with Crippen molar-refractivity contribution < 1.29 is 19.1 Å². The summed E-state index contributed by atoms with van der Waals surface area (Å²) in [6, 6.07) is 0. The summed E-state index contributed by atoms with van der Waals surface area (Å²) < 4.78 is 11.0. The Morgan fingerprint density at radius 2 is 1.09 bits per heavy atom. The number of rotatable bonds is 4. The summed E-state index contributed by atoms with van der Waals surface area (Å²) in [5.74, 6) is 5.32. The lowest BCUT2D eigenvalue weighted by atomic mass is 9.97. The molecule has 0 bridgehead atoms. The molecule has 4 nitrogen and oxygen atoms in total. The van der Waals surface area contributed by atoms with E-state index in [0.717, 1.165) is 37.8 Å². The summed E-state index contributed by atoms with van der Waals surface area (Å²) in [5, 5.41) is 0. The van der Waals surface area contributed by atoms with Crippen molar-refractivity contribution in [2.45, 2.75) is 62.6 Å². The molecule has 22 heavy (non-hydrogen) atoms. The van der Waals surface area contributed by atoms with Gasteiger partial charge >= 0.3 is 11.9 Å². The minimum absolute atomic E-state index is 0.459. The fraction of sp³-hybridized carbons (Fsp3) is 0.556. The predicted molar refractivity (Wildman–Crippen MR) is 82.8 cm³/mol. The van der Waals surface area contributed by atoms with E-state index in [4.69, 9.17) is 9.47 Å². The van der Waals surface area contributed by atoms with Crippen LogP contribution >= 0.6 is 0 Å². The van der Waals surface area contributed by atoms with Gasteiger partial charge in [-0.05, 0) is 51.4 Å². The van der Waals surface area contributed by atoms with Crippen LogP contribution in [-0.2, 0) is 19.1 Å². The van der Waals surface area contributed by atoms with Crippen LogP contribution in [-0.4, -0.2) is 23.1 Å². The van der Waals surface area contributed by atoms with E-state index in [1.54, 1.807) is 0 Å². The first-order valence-corrected chi connectivity index (χ1v) is 7.78. The topological polar surface area (TPSA) is 52.6 Å². The smallest absolute Gasteiger partial charge is 0.331 e. The molecule has 0 aromatic heterocycles. The molecule has 4 heteroatoms. The maximum Gasteiger partial charge on any atom is 0.331 e. The number of hydrogen-bond acceptors (Lipinski definition) is 4. The molecule has 0 radical (unpaired) electrons. The van der Waals surface area contributed by atoms with E-state index in [-0.39, 0.29) is 0 Å². The zero-order valence-corrected chi connectivity index (χ0v) is 12.9. The maximum absolute atomic E-state index is 11.6. The Kier molecular flexibility index (Phi) is 5.07. The van der Waals surface area contributed by atoms with Gasteiger partial charge in [0, 0.05) is 12.2 Å². The molecule has 2 rings (SSSR count). The Balaban J connectivity index is 2.22. The molecular formula is C18H22O4. The third kappa shape index (κ3) is 3.79. The average molecular weight is 302 g/mol. The van der Waals surface area contributed by atoms with E-state index in [9.17, 15) is 9.59 Å². The Bertz CT molecular complexity index is 477. The van der Waals surface area contributed by atoms with Gasteiger partial charge in [-0.15, -0.1) is 0 Å². The van der Waals surface area contributed by atoms with Gasteiger partial charge in [0.25, 0.3) is 0 Å². The van der Waals surface area contributed by atoms with Crippen molar-refractivity contribution in [1.82, 2.24) is 0 Å². The van der Waals surface area contributed by atoms with Gasteiger partial charge in [0.05, 0.1) is 0 Å². The molecule has 0 amide bonds. The first-order valence-electron chi connectivity index (χ1n) is 7.78. The van der Waals surface area contributed by atoms with E-state index in [0.29, 0.717) is 25.7 Å². The van der Waals surface area contributed by atoms with Crippen molar-refractivity contribution in [2.24, 2.45) is 0 Å². The van der Waals surface area contributed by atoms with E-state index in [1.165, 1.54) is 0 Å². The van der Waals surface area contributed by atoms with E-state index in [1.807, 2.05) is 0 Å². The third-order valence-corrected chi connectivity index (χ3v) is 4.27. The number of esters is 2. The number of ether oxygens (including phenoxy) is 2. The van der Waals surface area contributed by atoms with Crippen molar-refractivity contribution in [2.75, 3.05) is 0 Å². The van der Waals surface area contributed by atoms with Crippen molar-refractivity contribution in [1.29, 1.82) is 0 Å². The summed E-state index contributed by atoms with van der Waals surface area (Å²) in [7, 11) is 0. The Morgan fingerprint density at radius 1 is 0.773 bits per heavy atom.